The Morgan fingerprint density at radius 3 is 2.37 bits per heavy atom. The third-order valence-electron chi connectivity index (χ3n) is 4.07. The van der Waals surface area contributed by atoms with Gasteiger partial charge in [-0.15, -0.1) is 0 Å². The van der Waals surface area contributed by atoms with Gasteiger partial charge in [0.25, 0.3) is 0 Å². The monoisotopic (exact) mass is 388 g/mol. The third kappa shape index (κ3) is 4.49. The zero-order chi connectivity index (χ0) is 19.6. The number of hydrogen-bond donors (Lipinski definition) is 0. The summed E-state index contributed by atoms with van der Waals surface area (Å²) in [5.74, 6) is 0.827. The predicted molar refractivity (Wildman–Crippen MR) is 104 cm³/mol. The SMILES string of the molecule is CCC(C)Oc1ccc(-c2coc3cc(OS(C)(=O)=O)ccc3c2=O)cc1. The average molecular weight is 388 g/mol. The van der Waals surface area contributed by atoms with Crippen molar-refractivity contribution in [2.75, 3.05) is 6.26 Å². The Morgan fingerprint density at radius 1 is 1.07 bits per heavy atom. The number of fused-ring (bicyclic) bond motifs is 1. The maximum atomic E-state index is 12.8. The summed E-state index contributed by atoms with van der Waals surface area (Å²) in [7, 11) is -3.65. The van der Waals surface area contributed by atoms with E-state index in [9.17, 15) is 13.2 Å². The highest BCUT2D eigenvalue weighted by Gasteiger charge is 2.12. The molecule has 1 aromatic heterocycles. The van der Waals surface area contributed by atoms with E-state index in [1.165, 1.54) is 24.5 Å². The van der Waals surface area contributed by atoms with Crippen molar-refractivity contribution >= 4 is 21.1 Å². The minimum Gasteiger partial charge on any atom is -0.491 e. The summed E-state index contributed by atoms with van der Waals surface area (Å²) in [4.78, 5) is 12.8. The van der Waals surface area contributed by atoms with E-state index >= 15 is 0 Å². The Hall–Kier alpha value is -2.80. The third-order valence-corrected chi connectivity index (χ3v) is 4.57. The first kappa shape index (κ1) is 19.0. The van der Waals surface area contributed by atoms with Crippen molar-refractivity contribution in [2.45, 2.75) is 26.4 Å². The molecule has 3 aromatic rings. The molecule has 0 N–H and O–H groups in total. The molecule has 1 heterocycles. The van der Waals surface area contributed by atoms with Crippen LogP contribution in [0.5, 0.6) is 11.5 Å². The quantitative estimate of drug-likeness (QED) is 0.594. The molecule has 2 aromatic carbocycles. The Morgan fingerprint density at radius 2 is 1.74 bits per heavy atom. The van der Waals surface area contributed by atoms with Gasteiger partial charge >= 0.3 is 10.1 Å². The summed E-state index contributed by atoms with van der Waals surface area (Å²) in [5, 5.41) is 0.341. The number of benzene rings is 2. The topological polar surface area (TPSA) is 82.8 Å². The van der Waals surface area contributed by atoms with E-state index in [-0.39, 0.29) is 22.9 Å². The van der Waals surface area contributed by atoms with Gasteiger partial charge in [-0.1, -0.05) is 19.1 Å². The van der Waals surface area contributed by atoms with Crippen molar-refractivity contribution in [2.24, 2.45) is 0 Å². The molecule has 0 saturated heterocycles. The van der Waals surface area contributed by atoms with Crippen LogP contribution in [-0.4, -0.2) is 20.8 Å². The molecule has 0 fully saturated rings. The number of rotatable bonds is 6. The molecule has 0 radical (unpaired) electrons. The van der Waals surface area contributed by atoms with Gasteiger partial charge in [-0.25, -0.2) is 0 Å². The maximum Gasteiger partial charge on any atom is 0.306 e. The van der Waals surface area contributed by atoms with Gasteiger partial charge in [-0.2, -0.15) is 8.42 Å². The van der Waals surface area contributed by atoms with Crippen LogP contribution < -0.4 is 14.3 Å². The van der Waals surface area contributed by atoms with Gasteiger partial charge in [0.2, 0.25) is 0 Å². The predicted octanol–water partition coefficient (Wildman–Crippen LogP) is 3.98. The Balaban J connectivity index is 1.95. The summed E-state index contributed by atoms with van der Waals surface area (Å²) in [6, 6.07) is 11.5. The maximum absolute atomic E-state index is 12.8. The fraction of sp³-hybridized carbons (Fsp3) is 0.250. The van der Waals surface area contributed by atoms with Crippen molar-refractivity contribution < 1.29 is 21.8 Å². The summed E-state index contributed by atoms with van der Waals surface area (Å²) >= 11 is 0. The highest BCUT2D eigenvalue weighted by Crippen LogP contribution is 2.25. The van der Waals surface area contributed by atoms with Crippen LogP contribution in [0.2, 0.25) is 0 Å². The summed E-state index contributed by atoms with van der Waals surface area (Å²) < 4.78 is 38.6. The van der Waals surface area contributed by atoms with E-state index in [1.807, 2.05) is 26.0 Å². The van der Waals surface area contributed by atoms with Crippen molar-refractivity contribution in [3.05, 3.63) is 59.0 Å². The van der Waals surface area contributed by atoms with Gasteiger partial charge in [0.15, 0.2) is 5.43 Å². The van der Waals surface area contributed by atoms with Gasteiger partial charge < -0.3 is 13.3 Å². The van der Waals surface area contributed by atoms with Gasteiger partial charge in [0, 0.05) is 6.07 Å². The Kier molecular flexibility index (Phi) is 5.23. The lowest BCUT2D eigenvalue weighted by atomic mass is 10.1. The standard InChI is InChI=1S/C20H20O6S/c1-4-13(2)25-15-7-5-14(6-8-15)18-12-24-19-11-16(26-27(3,22)23)9-10-17(19)20(18)21/h5-13H,4H2,1-3H3. The molecule has 142 valence electrons. The molecule has 27 heavy (non-hydrogen) atoms. The van der Waals surface area contributed by atoms with Crippen LogP contribution in [0.3, 0.4) is 0 Å². The summed E-state index contributed by atoms with van der Waals surface area (Å²) in [5.41, 5.74) is 1.16. The molecule has 7 heteroatoms. The number of ether oxygens (including phenoxy) is 1. The van der Waals surface area contributed by atoms with Crippen molar-refractivity contribution in [1.29, 1.82) is 0 Å². The molecule has 0 bridgehead atoms. The molecule has 0 saturated carbocycles. The van der Waals surface area contributed by atoms with E-state index in [0.29, 0.717) is 16.5 Å². The number of hydrogen-bond acceptors (Lipinski definition) is 6. The minimum atomic E-state index is -3.65. The lowest BCUT2D eigenvalue weighted by Crippen LogP contribution is -2.09. The van der Waals surface area contributed by atoms with E-state index in [4.69, 9.17) is 13.3 Å². The molecule has 0 aliphatic carbocycles. The fourth-order valence-electron chi connectivity index (χ4n) is 2.56. The van der Waals surface area contributed by atoms with E-state index in [2.05, 4.69) is 0 Å². The summed E-state index contributed by atoms with van der Waals surface area (Å²) in [6.07, 6.45) is 3.33. The lowest BCUT2D eigenvalue weighted by Gasteiger charge is -2.12. The van der Waals surface area contributed by atoms with Gasteiger partial charge in [0.1, 0.15) is 23.3 Å². The first-order valence-electron chi connectivity index (χ1n) is 8.49. The van der Waals surface area contributed by atoms with E-state index < -0.39 is 10.1 Å². The molecule has 0 amide bonds. The molecular weight excluding hydrogens is 368 g/mol. The van der Waals surface area contributed by atoms with E-state index in [1.54, 1.807) is 12.1 Å². The van der Waals surface area contributed by atoms with Crippen LogP contribution in [0.4, 0.5) is 0 Å². The highest BCUT2D eigenvalue weighted by atomic mass is 32.2. The highest BCUT2D eigenvalue weighted by molar-refractivity contribution is 7.86. The van der Waals surface area contributed by atoms with Gasteiger partial charge in [-0.3, -0.25) is 4.79 Å². The first-order chi connectivity index (χ1) is 12.8. The second kappa shape index (κ2) is 7.44. The molecule has 0 spiro atoms. The molecule has 1 atom stereocenters. The molecular formula is C20H20O6S. The van der Waals surface area contributed by atoms with Crippen LogP contribution in [0.25, 0.3) is 22.1 Å². The van der Waals surface area contributed by atoms with E-state index in [0.717, 1.165) is 18.4 Å². The largest absolute Gasteiger partial charge is 0.491 e. The van der Waals surface area contributed by atoms with Crippen LogP contribution in [-0.2, 0) is 10.1 Å². The van der Waals surface area contributed by atoms with Crippen LogP contribution >= 0.6 is 0 Å². The van der Waals surface area contributed by atoms with Crippen LogP contribution in [0, 0.1) is 0 Å². The van der Waals surface area contributed by atoms with Crippen LogP contribution in [0.15, 0.2) is 57.9 Å². The second-order valence-corrected chi connectivity index (χ2v) is 7.86. The normalized spacial score (nSPS) is 12.7. The fourth-order valence-corrected chi connectivity index (χ4v) is 3.02. The van der Waals surface area contributed by atoms with Gasteiger partial charge in [-0.05, 0) is 43.2 Å². The zero-order valence-corrected chi connectivity index (χ0v) is 16.1. The van der Waals surface area contributed by atoms with Crippen molar-refractivity contribution in [1.82, 2.24) is 0 Å². The van der Waals surface area contributed by atoms with Crippen molar-refractivity contribution in [3.63, 3.8) is 0 Å². The van der Waals surface area contributed by atoms with Gasteiger partial charge in [0.05, 0.1) is 23.3 Å². The molecule has 3 rings (SSSR count). The molecule has 0 aliphatic rings. The van der Waals surface area contributed by atoms with Crippen molar-refractivity contribution in [3.8, 4) is 22.6 Å². The second-order valence-electron chi connectivity index (χ2n) is 6.29. The lowest BCUT2D eigenvalue weighted by molar-refractivity contribution is 0.217. The molecule has 1 unspecified atom stereocenters. The molecule has 0 aliphatic heterocycles. The minimum absolute atomic E-state index is 0.0902. The van der Waals surface area contributed by atoms with Crippen LogP contribution in [0.1, 0.15) is 20.3 Å². The smallest absolute Gasteiger partial charge is 0.306 e. The molecule has 6 nitrogen and oxygen atoms in total. The first-order valence-corrected chi connectivity index (χ1v) is 10.3. The Bertz CT molecular complexity index is 1110. The zero-order valence-electron chi connectivity index (χ0n) is 15.3. The average Bonchev–Trinajstić information content (AvgIpc) is 2.61. The summed E-state index contributed by atoms with van der Waals surface area (Å²) in [6.45, 7) is 4.04. The Labute approximate surface area is 157 Å².